The first kappa shape index (κ1) is 57.6. The Morgan fingerprint density at radius 1 is 0.344 bits per heavy atom. The maximum Gasteiger partial charge on any atom is 0.306 e. The van der Waals surface area contributed by atoms with Gasteiger partial charge in [0.15, 0.2) is 6.10 Å². The standard InChI is InChI=1S/C55H92O6/c1-4-7-10-13-16-19-22-24-26-27-28-29-30-32-33-36-39-42-45-48-54(57)60-51-52(50-59-53(56)47-44-41-38-35-21-18-15-12-9-6-3)61-55(58)49-46-43-40-37-34-31-25-23-20-17-14-11-8-5-2/h7-8,10-11,16-17,19-20,24-26,28-29,31,52H,4-6,9,12-15,18,21-23,27,30,32-51H2,1-3H3/b10-7-,11-8-,19-16-,20-17-,26-24-,29-28-,31-25-. The number of rotatable bonds is 44. The van der Waals surface area contributed by atoms with Crippen LogP contribution < -0.4 is 0 Å². The van der Waals surface area contributed by atoms with E-state index in [4.69, 9.17) is 14.2 Å². The lowest BCUT2D eigenvalue weighted by atomic mass is 10.1. The van der Waals surface area contributed by atoms with Crippen molar-refractivity contribution in [1.29, 1.82) is 0 Å². The molecule has 0 heterocycles. The summed E-state index contributed by atoms with van der Waals surface area (Å²) in [7, 11) is 0. The lowest BCUT2D eigenvalue weighted by Crippen LogP contribution is -2.30. The fourth-order valence-corrected chi connectivity index (χ4v) is 6.68. The van der Waals surface area contributed by atoms with Crippen LogP contribution in [-0.2, 0) is 28.6 Å². The van der Waals surface area contributed by atoms with E-state index in [0.717, 1.165) is 128 Å². The van der Waals surface area contributed by atoms with Gasteiger partial charge >= 0.3 is 17.9 Å². The Kier molecular flexibility index (Phi) is 46.5. The highest BCUT2D eigenvalue weighted by molar-refractivity contribution is 5.71. The molecule has 0 fully saturated rings. The molecule has 0 aromatic carbocycles. The molecule has 1 unspecified atom stereocenters. The summed E-state index contributed by atoms with van der Waals surface area (Å²) in [5.41, 5.74) is 0. The van der Waals surface area contributed by atoms with Crippen LogP contribution in [0.25, 0.3) is 0 Å². The zero-order chi connectivity index (χ0) is 44.4. The van der Waals surface area contributed by atoms with Crippen molar-refractivity contribution in [3.8, 4) is 0 Å². The molecule has 0 aliphatic heterocycles. The fraction of sp³-hybridized carbons (Fsp3) is 0.691. The highest BCUT2D eigenvalue weighted by atomic mass is 16.6. The lowest BCUT2D eigenvalue weighted by molar-refractivity contribution is -0.167. The van der Waals surface area contributed by atoms with Crippen molar-refractivity contribution in [2.24, 2.45) is 0 Å². The van der Waals surface area contributed by atoms with Gasteiger partial charge in [-0.15, -0.1) is 0 Å². The second-order valence-electron chi connectivity index (χ2n) is 16.3. The summed E-state index contributed by atoms with van der Waals surface area (Å²) in [6.45, 7) is 6.36. The van der Waals surface area contributed by atoms with Gasteiger partial charge in [-0.1, -0.05) is 202 Å². The Bertz CT molecular complexity index is 1200. The van der Waals surface area contributed by atoms with Crippen LogP contribution >= 0.6 is 0 Å². The minimum absolute atomic E-state index is 0.0898. The Balaban J connectivity index is 4.40. The van der Waals surface area contributed by atoms with Crippen LogP contribution in [0.5, 0.6) is 0 Å². The highest BCUT2D eigenvalue weighted by Crippen LogP contribution is 2.14. The van der Waals surface area contributed by atoms with Crippen molar-refractivity contribution in [3.63, 3.8) is 0 Å². The minimum atomic E-state index is -0.792. The monoisotopic (exact) mass is 849 g/mol. The van der Waals surface area contributed by atoms with Gasteiger partial charge in [0.2, 0.25) is 0 Å². The molecule has 0 aliphatic carbocycles. The molecule has 0 bridgehead atoms. The molecule has 0 rings (SSSR count). The molecule has 0 aromatic heterocycles. The van der Waals surface area contributed by atoms with Crippen LogP contribution in [-0.4, -0.2) is 37.2 Å². The van der Waals surface area contributed by atoms with Gasteiger partial charge in [0, 0.05) is 19.3 Å². The lowest BCUT2D eigenvalue weighted by Gasteiger charge is -2.18. The van der Waals surface area contributed by atoms with Crippen molar-refractivity contribution < 1.29 is 28.6 Å². The van der Waals surface area contributed by atoms with Crippen molar-refractivity contribution in [2.45, 2.75) is 232 Å². The summed E-state index contributed by atoms with van der Waals surface area (Å²) >= 11 is 0. The molecule has 61 heavy (non-hydrogen) atoms. The van der Waals surface area contributed by atoms with Crippen molar-refractivity contribution in [1.82, 2.24) is 0 Å². The van der Waals surface area contributed by atoms with E-state index in [1.165, 1.54) is 57.8 Å². The van der Waals surface area contributed by atoms with Gasteiger partial charge in [-0.3, -0.25) is 14.4 Å². The van der Waals surface area contributed by atoms with Crippen LogP contribution in [0.4, 0.5) is 0 Å². The van der Waals surface area contributed by atoms with Crippen LogP contribution in [0.3, 0.4) is 0 Å². The predicted octanol–water partition coefficient (Wildman–Crippen LogP) is 16.4. The molecular weight excluding hydrogens is 757 g/mol. The van der Waals surface area contributed by atoms with Gasteiger partial charge in [0.05, 0.1) is 0 Å². The number of hydrogen-bond acceptors (Lipinski definition) is 6. The second kappa shape index (κ2) is 49.2. The molecule has 6 heteroatoms. The minimum Gasteiger partial charge on any atom is -0.462 e. The molecule has 6 nitrogen and oxygen atoms in total. The summed E-state index contributed by atoms with van der Waals surface area (Å²) in [5, 5.41) is 0. The summed E-state index contributed by atoms with van der Waals surface area (Å²) in [6, 6.07) is 0. The van der Waals surface area contributed by atoms with E-state index in [1.807, 2.05) is 0 Å². The Labute approximate surface area is 375 Å². The third kappa shape index (κ3) is 47.5. The Hall–Kier alpha value is -3.41. The number of ether oxygens (including phenoxy) is 3. The predicted molar refractivity (Wildman–Crippen MR) is 261 cm³/mol. The van der Waals surface area contributed by atoms with Gasteiger partial charge in [-0.25, -0.2) is 0 Å². The molecule has 0 amide bonds. The average Bonchev–Trinajstić information content (AvgIpc) is 3.26. The zero-order valence-electron chi connectivity index (χ0n) is 39.7. The third-order valence-electron chi connectivity index (χ3n) is 10.4. The van der Waals surface area contributed by atoms with Gasteiger partial charge in [-0.05, 0) is 89.9 Å². The molecule has 0 spiro atoms. The molecule has 348 valence electrons. The van der Waals surface area contributed by atoms with E-state index < -0.39 is 6.10 Å². The fourth-order valence-electron chi connectivity index (χ4n) is 6.68. The van der Waals surface area contributed by atoms with Gasteiger partial charge in [-0.2, -0.15) is 0 Å². The summed E-state index contributed by atoms with van der Waals surface area (Å²) in [4.78, 5) is 37.9. The molecule has 1 atom stereocenters. The number of carbonyl (C=O) groups is 3. The van der Waals surface area contributed by atoms with Crippen molar-refractivity contribution in [3.05, 3.63) is 85.1 Å². The highest BCUT2D eigenvalue weighted by Gasteiger charge is 2.19. The van der Waals surface area contributed by atoms with Crippen molar-refractivity contribution in [2.75, 3.05) is 13.2 Å². The largest absolute Gasteiger partial charge is 0.462 e. The molecule has 0 saturated carbocycles. The van der Waals surface area contributed by atoms with Crippen molar-refractivity contribution >= 4 is 17.9 Å². The smallest absolute Gasteiger partial charge is 0.306 e. The van der Waals surface area contributed by atoms with Crippen LogP contribution in [0.2, 0.25) is 0 Å². The van der Waals surface area contributed by atoms with E-state index in [-0.39, 0.29) is 31.1 Å². The first-order valence-electron chi connectivity index (χ1n) is 25.1. The average molecular weight is 849 g/mol. The Morgan fingerprint density at radius 3 is 1.00 bits per heavy atom. The maximum absolute atomic E-state index is 12.8. The molecule has 0 aliphatic rings. The molecule has 0 N–H and O–H groups in total. The van der Waals surface area contributed by atoms with Gasteiger partial charge < -0.3 is 14.2 Å². The van der Waals surface area contributed by atoms with E-state index in [9.17, 15) is 14.4 Å². The van der Waals surface area contributed by atoms with E-state index in [2.05, 4.69) is 106 Å². The topological polar surface area (TPSA) is 78.9 Å². The number of allylic oxidation sites excluding steroid dienone is 14. The number of unbranched alkanes of at least 4 members (excludes halogenated alkanes) is 19. The molecule has 0 radical (unpaired) electrons. The van der Waals surface area contributed by atoms with Crippen LogP contribution in [0.15, 0.2) is 85.1 Å². The zero-order valence-corrected chi connectivity index (χ0v) is 39.7. The molecule has 0 saturated heterocycles. The Morgan fingerprint density at radius 2 is 0.639 bits per heavy atom. The summed E-state index contributed by atoms with van der Waals surface area (Å²) < 4.78 is 16.7. The van der Waals surface area contributed by atoms with Crippen LogP contribution in [0.1, 0.15) is 226 Å². The molecular formula is C55H92O6. The first-order valence-corrected chi connectivity index (χ1v) is 25.1. The second-order valence-corrected chi connectivity index (χ2v) is 16.3. The molecule has 0 aromatic rings. The summed E-state index contributed by atoms with van der Waals surface area (Å²) in [5.74, 6) is -0.930. The third-order valence-corrected chi connectivity index (χ3v) is 10.4. The number of carbonyl (C=O) groups excluding carboxylic acids is 3. The van der Waals surface area contributed by atoms with E-state index in [0.29, 0.717) is 19.3 Å². The number of esters is 3. The normalized spacial score (nSPS) is 12.8. The quantitative estimate of drug-likeness (QED) is 0.0263. The first-order chi connectivity index (χ1) is 30.0. The van der Waals surface area contributed by atoms with Gasteiger partial charge in [0.25, 0.3) is 0 Å². The van der Waals surface area contributed by atoms with Gasteiger partial charge in [0.1, 0.15) is 13.2 Å². The summed E-state index contributed by atoms with van der Waals surface area (Å²) in [6.07, 6.45) is 62.8. The maximum atomic E-state index is 12.8. The van der Waals surface area contributed by atoms with E-state index in [1.54, 1.807) is 0 Å². The number of hydrogen-bond donors (Lipinski definition) is 0. The van der Waals surface area contributed by atoms with E-state index >= 15 is 0 Å². The SMILES string of the molecule is CC/C=C\C/C=C\C/C=C\C/C=C\CCCCCCCCC(=O)OCC(COC(=O)CCCCCCCCCCCC)OC(=O)CCCCCC/C=C\C/C=C\C/C=C\CC. The van der Waals surface area contributed by atoms with Crippen LogP contribution in [0, 0.1) is 0 Å².